The van der Waals surface area contributed by atoms with Gasteiger partial charge < -0.3 is 15.0 Å². The highest BCUT2D eigenvalue weighted by atomic mass is 79.9. The monoisotopic (exact) mass is 342 g/mol. The lowest BCUT2D eigenvalue weighted by Crippen LogP contribution is -2.27. The molecule has 0 heterocycles. The summed E-state index contributed by atoms with van der Waals surface area (Å²) >= 11 is 3.55. The third-order valence-electron chi connectivity index (χ3n) is 3.03. The predicted molar refractivity (Wildman–Crippen MR) is 90.5 cm³/mol. The van der Waals surface area contributed by atoms with E-state index in [2.05, 4.69) is 79.1 Å². The average molecular weight is 343 g/mol. The van der Waals surface area contributed by atoms with Crippen molar-refractivity contribution in [2.75, 3.05) is 25.1 Å². The molecule has 0 atom stereocenters. The summed E-state index contributed by atoms with van der Waals surface area (Å²) in [5.74, 6) is 0. The van der Waals surface area contributed by atoms with E-state index < -0.39 is 0 Å². The topological polar surface area (TPSA) is 24.5 Å². The molecule has 4 heteroatoms. The van der Waals surface area contributed by atoms with Crippen LogP contribution in [0.3, 0.4) is 0 Å². The molecule has 0 saturated heterocycles. The fraction of sp³-hybridized carbons (Fsp3) is 0.625. The standard InChI is InChI=1S/C16H27BrN2O/c1-12(2)18-11-14-10-15(17)6-7-16(14)19(5)8-9-20-13(3)4/h6-7,10,12-13,18H,8-9,11H2,1-5H3. The number of nitrogens with zero attached hydrogens (tertiary/aromatic N) is 1. The Morgan fingerprint density at radius 1 is 1.25 bits per heavy atom. The minimum absolute atomic E-state index is 0.287. The van der Waals surface area contributed by atoms with E-state index in [-0.39, 0.29) is 6.10 Å². The fourth-order valence-corrected chi connectivity index (χ4v) is 2.34. The molecule has 0 unspecified atom stereocenters. The Hall–Kier alpha value is -0.580. The summed E-state index contributed by atoms with van der Waals surface area (Å²) in [5.41, 5.74) is 2.56. The number of anilines is 1. The molecule has 0 radical (unpaired) electrons. The van der Waals surface area contributed by atoms with Crippen LogP contribution in [-0.4, -0.2) is 32.3 Å². The van der Waals surface area contributed by atoms with Gasteiger partial charge in [0.2, 0.25) is 0 Å². The van der Waals surface area contributed by atoms with Crippen LogP contribution in [0, 0.1) is 0 Å². The lowest BCUT2D eigenvalue weighted by Gasteiger charge is -2.24. The molecule has 0 bridgehead atoms. The molecule has 0 saturated carbocycles. The van der Waals surface area contributed by atoms with E-state index in [0.29, 0.717) is 6.04 Å². The number of halogens is 1. The Bertz CT molecular complexity index is 407. The van der Waals surface area contributed by atoms with E-state index in [9.17, 15) is 0 Å². The Kier molecular flexibility index (Phi) is 7.56. The average Bonchev–Trinajstić information content (AvgIpc) is 2.35. The van der Waals surface area contributed by atoms with Gasteiger partial charge in [0.05, 0.1) is 12.7 Å². The molecule has 1 aromatic carbocycles. The van der Waals surface area contributed by atoms with Crippen molar-refractivity contribution in [3.05, 3.63) is 28.2 Å². The maximum Gasteiger partial charge on any atom is 0.0644 e. The van der Waals surface area contributed by atoms with Crippen molar-refractivity contribution in [1.29, 1.82) is 0 Å². The molecule has 0 aromatic heterocycles. The van der Waals surface area contributed by atoms with E-state index in [0.717, 1.165) is 24.2 Å². The van der Waals surface area contributed by atoms with Crippen molar-refractivity contribution in [3.63, 3.8) is 0 Å². The minimum Gasteiger partial charge on any atom is -0.377 e. The van der Waals surface area contributed by atoms with E-state index >= 15 is 0 Å². The van der Waals surface area contributed by atoms with Crippen LogP contribution in [0.4, 0.5) is 5.69 Å². The van der Waals surface area contributed by atoms with Crippen molar-refractivity contribution in [3.8, 4) is 0 Å². The lowest BCUT2D eigenvalue weighted by atomic mass is 10.1. The van der Waals surface area contributed by atoms with Crippen molar-refractivity contribution < 1.29 is 4.74 Å². The first kappa shape index (κ1) is 17.5. The van der Waals surface area contributed by atoms with Gasteiger partial charge in [-0.15, -0.1) is 0 Å². The van der Waals surface area contributed by atoms with E-state index in [1.54, 1.807) is 0 Å². The zero-order valence-corrected chi connectivity index (χ0v) is 14.8. The molecule has 0 fully saturated rings. The van der Waals surface area contributed by atoms with Crippen LogP contribution in [0.25, 0.3) is 0 Å². The normalized spacial score (nSPS) is 11.4. The van der Waals surface area contributed by atoms with Crippen LogP contribution in [0.15, 0.2) is 22.7 Å². The van der Waals surface area contributed by atoms with Crippen LogP contribution < -0.4 is 10.2 Å². The lowest BCUT2D eigenvalue weighted by molar-refractivity contribution is 0.0846. The van der Waals surface area contributed by atoms with Gasteiger partial charge in [0, 0.05) is 36.3 Å². The highest BCUT2D eigenvalue weighted by molar-refractivity contribution is 9.10. The largest absolute Gasteiger partial charge is 0.377 e. The quantitative estimate of drug-likeness (QED) is 0.777. The SMILES string of the molecule is CC(C)NCc1cc(Br)ccc1N(C)CCOC(C)C. The summed E-state index contributed by atoms with van der Waals surface area (Å²) in [4.78, 5) is 2.26. The van der Waals surface area contributed by atoms with Gasteiger partial charge in [-0.2, -0.15) is 0 Å². The zero-order chi connectivity index (χ0) is 15.1. The predicted octanol–water partition coefficient (Wildman–Crippen LogP) is 3.81. The molecule has 1 aromatic rings. The summed E-state index contributed by atoms with van der Waals surface area (Å²) in [5, 5.41) is 3.48. The first-order valence-electron chi connectivity index (χ1n) is 7.24. The van der Waals surface area contributed by atoms with Crippen LogP contribution in [0.2, 0.25) is 0 Å². The summed E-state index contributed by atoms with van der Waals surface area (Å²) in [6.07, 6.45) is 0.287. The Morgan fingerprint density at radius 3 is 2.55 bits per heavy atom. The van der Waals surface area contributed by atoms with Crippen LogP contribution in [0.1, 0.15) is 33.3 Å². The smallest absolute Gasteiger partial charge is 0.0644 e. The van der Waals surface area contributed by atoms with Gasteiger partial charge in [0.25, 0.3) is 0 Å². The highest BCUT2D eigenvalue weighted by Crippen LogP contribution is 2.24. The molecule has 0 aliphatic rings. The Morgan fingerprint density at radius 2 is 1.95 bits per heavy atom. The number of ether oxygens (including phenoxy) is 1. The number of likely N-dealkylation sites (N-methyl/N-ethyl adjacent to an activating group) is 1. The van der Waals surface area contributed by atoms with Gasteiger partial charge in [0.1, 0.15) is 0 Å². The molecule has 1 N–H and O–H groups in total. The van der Waals surface area contributed by atoms with E-state index in [1.165, 1.54) is 11.3 Å². The van der Waals surface area contributed by atoms with Crippen molar-refractivity contribution in [1.82, 2.24) is 5.32 Å². The van der Waals surface area contributed by atoms with Gasteiger partial charge >= 0.3 is 0 Å². The van der Waals surface area contributed by atoms with Crippen molar-refractivity contribution >= 4 is 21.6 Å². The van der Waals surface area contributed by atoms with Crippen molar-refractivity contribution in [2.24, 2.45) is 0 Å². The van der Waals surface area contributed by atoms with Crippen LogP contribution in [0.5, 0.6) is 0 Å². The summed E-state index contributed by atoms with van der Waals surface area (Å²) < 4.78 is 6.75. The zero-order valence-electron chi connectivity index (χ0n) is 13.2. The molecule has 3 nitrogen and oxygen atoms in total. The second kappa shape index (κ2) is 8.65. The molecule has 0 spiro atoms. The van der Waals surface area contributed by atoms with E-state index in [1.807, 2.05) is 0 Å². The third kappa shape index (κ3) is 6.25. The number of benzene rings is 1. The minimum atomic E-state index is 0.287. The molecule has 114 valence electrons. The third-order valence-corrected chi connectivity index (χ3v) is 3.52. The second-order valence-corrected chi connectivity index (χ2v) is 6.57. The molecular formula is C16H27BrN2O. The number of hydrogen-bond donors (Lipinski definition) is 1. The second-order valence-electron chi connectivity index (χ2n) is 5.65. The van der Waals surface area contributed by atoms with Crippen LogP contribution in [-0.2, 0) is 11.3 Å². The number of nitrogens with one attached hydrogen (secondary N) is 1. The maximum atomic E-state index is 5.63. The van der Waals surface area contributed by atoms with Gasteiger partial charge in [0.15, 0.2) is 0 Å². The van der Waals surface area contributed by atoms with Gasteiger partial charge in [-0.3, -0.25) is 0 Å². The van der Waals surface area contributed by atoms with E-state index in [4.69, 9.17) is 4.74 Å². The number of rotatable bonds is 8. The highest BCUT2D eigenvalue weighted by Gasteiger charge is 2.09. The molecule has 0 aliphatic heterocycles. The Balaban J connectivity index is 2.71. The maximum absolute atomic E-state index is 5.63. The first-order chi connectivity index (χ1) is 9.40. The molecule has 0 amide bonds. The molecule has 1 rings (SSSR count). The van der Waals surface area contributed by atoms with Gasteiger partial charge in [-0.05, 0) is 37.6 Å². The van der Waals surface area contributed by atoms with Crippen molar-refractivity contribution in [2.45, 2.75) is 46.4 Å². The molecular weight excluding hydrogens is 316 g/mol. The Labute approximate surface area is 131 Å². The van der Waals surface area contributed by atoms with Gasteiger partial charge in [-0.1, -0.05) is 29.8 Å². The summed E-state index contributed by atoms with van der Waals surface area (Å²) in [7, 11) is 2.12. The summed E-state index contributed by atoms with van der Waals surface area (Å²) in [6, 6.07) is 6.92. The van der Waals surface area contributed by atoms with Crippen LogP contribution >= 0.6 is 15.9 Å². The number of hydrogen-bond acceptors (Lipinski definition) is 3. The molecule has 20 heavy (non-hydrogen) atoms. The summed E-state index contributed by atoms with van der Waals surface area (Å²) in [6.45, 7) is 11.0. The van der Waals surface area contributed by atoms with Gasteiger partial charge in [-0.25, -0.2) is 0 Å². The first-order valence-corrected chi connectivity index (χ1v) is 8.04. The molecule has 0 aliphatic carbocycles. The fourth-order valence-electron chi connectivity index (χ4n) is 1.93.